The number of nitrogens with one attached hydrogen (secondary N) is 1. The van der Waals surface area contributed by atoms with E-state index in [0.29, 0.717) is 13.1 Å². The van der Waals surface area contributed by atoms with Crippen LogP contribution in [0.3, 0.4) is 0 Å². The van der Waals surface area contributed by atoms with Gasteiger partial charge < -0.3 is 15.3 Å². The van der Waals surface area contributed by atoms with Gasteiger partial charge in [-0.2, -0.15) is 0 Å². The first-order valence-electron chi connectivity index (χ1n) is 7.93. The van der Waals surface area contributed by atoms with Crippen molar-refractivity contribution in [2.24, 2.45) is 5.92 Å². The van der Waals surface area contributed by atoms with Crippen LogP contribution < -0.4 is 5.32 Å². The molecule has 2 rings (SSSR count). The highest BCUT2D eigenvalue weighted by Crippen LogP contribution is 2.24. The van der Waals surface area contributed by atoms with Crippen LogP contribution in [0.1, 0.15) is 44.8 Å². The molecule has 1 aliphatic heterocycles. The van der Waals surface area contributed by atoms with Gasteiger partial charge in [-0.15, -0.1) is 11.3 Å². The fraction of sp³-hybridized carbons (Fsp3) is 0.750. The minimum atomic E-state index is -0.409. The van der Waals surface area contributed by atoms with Gasteiger partial charge >= 0.3 is 6.03 Å². The van der Waals surface area contributed by atoms with E-state index < -0.39 is 6.10 Å². The van der Waals surface area contributed by atoms with Crippen LogP contribution in [0.15, 0.2) is 5.38 Å². The number of aliphatic hydroxyl groups is 1. The van der Waals surface area contributed by atoms with Crippen LogP contribution in [0.25, 0.3) is 0 Å². The number of β-amino-alcohol motifs (C(OH)–C–C–N with tert-alkyl or cyclic N) is 1. The molecule has 6 heteroatoms. The quantitative estimate of drug-likeness (QED) is 0.897. The van der Waals surface area contributed by atoms with Crippen molar-refractivity contribution in [1.82, 2.24) is 15.2 Å². The highest BCUT2D eigenvalue weighted by Gasteiger charge is 2.27. The third-order valence-corrected chi connectivity index (χ3v) is 5.05. The zero-order chi connectivity index (χ0) is 16.3. The second-order valence-electron chi connectivity index (χ2n) is 7.14. The van der Waals surface area contributed by atoms with Crippen LogP contribution in [0.2, 0.25) is 0 Å². The molecule has 5 nitrogen and oxygen atoms in total. The number of carbonyl (C=O) groups is 1. The number of carbonyl (C=O) groups excluding carboxylic acids is 1. The molecule has 1 aliphatic rings. The molecule has 2 unspecified atom stereocenters. The average Bonchev–Trinajstić information content (AvgIpc) is 2.90. The Kier molecular flexibility index (Phi) is 5.45. The van der Waals surface area contributed by atoms with Crippen molar-refractivity contribution in [3.8, 4) is 0 Å². The Morgan fingerprint density at radius 3 is 2.86 bits per heavy atom. The Balaban J connectivity index is 1.76. The number of hydrogen-bond acceptors (Lipinski definition) is 4. The maximum absolute atomic E-state index is 12.1. The third kappa shape index (κ3) is 4.43. The number of nitrogens with zero attached hydrogens (tertiary/aromatic N) is 2. The minimum Gasteiger partial charge on any atom is -0.391 e. The monoisotopic (exact) mass is 325 g/mol. The lowest BCUT2D eigenvalue weighted by atomic mass is 9.93. The summed E-state index contributed by atoms with van der Waals surface area (Å²) in [5.74, 6) is 0.273. The van der Waals surface area contributed by atoms with Gasteiger partial charge in [0, 0.05) is 36.9 Å². The highest BCUT2D eigenvalue weighted by atomic mass is 32.1. The SMILES string of the molecule is CC1CCN(C(=O)NCCc2nc(C(C)(C)C)cs2)CC1O. The lowest BCUT2D eigenvalue weighted by Gasteiger charge is -2.34. The summed E-state index contributed by atoms with van der Waals surface area (Å²) in [5, 5.41) is 15.9. The van der Waals surface area contributed by atoms with E-state index in [0.717, 1.165) is 30.1 Å². The molecule has 1 aromatic rings. The number of thiazole rings is 1. The topological polar surface area (TPSA) is 65.5 Å². The van der Waals surface area contributed by atoms with E-state index in [1.54, 1.807) is 16.2 Å². The Bertz CT molecular complexity index is 510. The predicted molar refractivity (Wildman–Crippen MR) is 89.3 cm³/mol. The zero-order valence-corrected chi connectivity index (χ0v) is 14.7. The van der Waals surface area contributed by atoms with Gasteiger partial charge in [-0.05, 0) is 12.3 Å². The van der Waals surface area contributed by atoms with Crippen molar-refractivity contribution < 1.29 is 9.90 Å². The van der Waals surface area contributed by atoms with Gasteiger partial charge in [-0.25, -0.2) is 9.78 Å². The first-order valence-corrected chi connectivity index (χ1v) is 8.81. The zero-order valence-electron chi connectivity index (χ0n) is 13.9. The number of aliphatic hydroxyl groups excluding tert-OH is 1. The standard InChI is InChI=1S/C16H27N3O2S/c1-11-6-8-19(9-12(11)20)15(21)17-7-5-14-18-13(10-22-14)16(2,3)4/h10-12,20H,5-9H2,1-4H3,(H,17,21). The molecule has 2 heterocycles. The van der Waals surface area contributed by atoms with Gasteiger partial charge in [-0.1, -0.05) is 27.7 Å². The van der Waals surface area contributed by atoms with E-state index in [1.165, 1.54) is 0 Å². The van der Waals surface area contributed by atoms with Crippen molar-refractivity contribution in [2.75, 3.05) is 19.6 Å². The number of urea groups is 1. The van der Waals surface area contributed by atoms with Gasteiger partial charge in [0.25, 0.3) is 0 Å². The Hall–Kier alpha value is -1.14. The predicted octanol–water partition coefficient (Wildman–Crippen LogP) is 2.40. The molecule has 2 N–H and O–H groups in total. The molecule has 0 saturated carbocycles. The highest BCUT2D eigenvalue weighted by molar-refractivity contribution is 7.09. The van der Waals surface area contributed by atoms with Crippen LogP contribution in [-0.4, -0.2) is 46.8 Å². The minimum absolute atomic E-state index is 0.0681. The van der Waals surface area contributed by atoms with Crippen molar-refractivity contribution in [2.45, 2.75) is 52.1 Å². The molecule has 1 aromatic heterocycles. The largest absolute Gasteiger partial charge is 0.391 e. The molecule has 1 saturated heterocycles. The van der Waals surface area contributed by atoms with Crippen LogP contribution in [0.4, 0.5) is 4.79 Å². The van der Waals surface area contributed by atoms with Crippen molar-refractivity contribution in [3.05, 3.63) is 16.1 Å². The maximum Gasteiger partial charge on any atom is 0.317 e. The molecule has 2 amide bonds. The molecule has 0 aliphatic carbocycles. The van der Waals surface area contributed by atoms with Gasteiger partial charge in [0.2, 0.25) is 0 Å². The summed E-state index contributed by atoms with van der Waals surface area (Å²) in [6.07, 6.45) is 1.20. The number of piperidine rings is 1. The smallest absolute Gasteiger partial charge is 0.317 e. The summed E-state index contributed by atoms with van der Waals surface area (Å²) < 4.78 is 0. The second kappa shape index (κ2) is 6.96. The Morgan fingerprint density at radius 2 is 2.27 bits per heavy atom. The van der Waals surface area contributed by atoms with Crippen molar-refractivity contribution >= 4 is 17.4 Å². The molecule has 1 fully saturated rings. The number of aromatic nitrogens is 1. The molecular weight excluding hydrogens is 298 g/mol. The van der Waals surface area contributed by atoms with Crippen LogP contribution in [0, 0.1) is 5.92 Å². The van der Waals surface area contributed by atoms with E-state index in [-0.39, 0.29) is 17.4 Å². The molecule has 2 atom stereocenters. The summed E-state index contributed by atoms with van der Waals surface area (Å²) in [7, 11) is 0. The number of amides is 2. The second-order valence-corrected chi connectivity index (χ2v) is 8.08. The first kappa shape index (κ1) is 17.2. The summed E-state index contributed by atoms with van der Waals surface area (Å²) in [5.41, 5.74) is 1.17. The summed E-state index contributed by atoms with van der Waals surface area (Å²) >= 11 is 1.65. The van der Waals surface area contributed by atoms with E-state index in [2.05, 4.69) is 36.5 Å². The lowest BCUT2D eigenvalue weighted by molar-refractivity contribution is 0.0436. The van der Waals surface area contributed by atoms with Crippen molar-refractivity contribution in [3.63, 3.8) is 0 Å². The first-order chi connectivity index (χ1) is 10.3. The van der Waals surface area contributed by atoms with Crippen LogP contribution >= 0.6 is 11.3 Å². The summed E-state index contributed by atoms with van der Waals surface area (Å²) in [4.78, 5) is 18.4. The van der Waals surface area contributed by atoms with Crippen LogP contribution in [0.5, 0.6) is 0 Å². The molecule has 0 bridgehead atoms. The number of likely N-dealkylation sites (tertiary alicyclic amines) is 1. The number of rotatable bonds is 3. The number of hydrogen-bond donors (Lipinski definition) is 2. The van der Waals surface area contributed by atoms with E-state index in [9.17, 15) is 9.90 Å². The van der Waals surface area contributed by atoms with Gasteiger partial charge in [0.05, 0.1) is 16.8 Å². The van der Waals surface area contributed by atoms with E-state index in [1.807, 2.05) is 6.92 Å². The van der Waals surface area contributed by atoms with Gasteiger partial charge in [-0.3, -0.25) is 0 Å². The van der Waals surface area contributed by atoms with E-state index >= 15 is 0 Å². The lowest BCUT2D eigenvalue weighted by Crippen LogP contribution is -2.49. The average molecular weight is 325 g/mol. The molecule has 0 aromatic carbocycles. The van der Waals surface area contributed by atoms with Gasteiger partial charge in [0.15, 0.2) is 0 Å². The van der Waals surface area contributed by atoms with E-state index in [4.69, 9.17) is 0 Å². The molecule has 22 heavy (non-hydrogen) atoms. The van der Waals surface area contributed by atoms with Crippen molar-refractivity contribution in [1.29, 1.82) is 0 Å². The maximum atomic E-state index is 12.1. The van der Waals surface area contributed by atoms with Gasteiger partial charge in [0.1, 0.15) is 0 Å². The summed E-state index contributed by atoms with van der Waals surface area (Å²) in [6, 6.07) is -0.0847. The molecule has 0 spiro atoms. The fourth-order valence-electron chi connectivity index (χ4n) is 2.39. The van der Waals surface area contributed by atoms with Crippen LogP contribution in [-0.2, 0) is 11.8 Å². The molecular formula is C16H27N3O2S. The Labute approximate surface area is 136 Å². The summed E-state index contributed by atoms with van der Waals surface area (Å²) in [6.45, 7) is 10.2. The normalized spacial score (nSPS) is 22.7. The fourth-order valence-corrected chi connectivity index (χ4v) is 3.42. The Morgan fingerprint density at radius 1 is 1.55 bits per heavy atom. The third-order valence-electron chi connectivity index (χ3n) is 4.14. The molecule has 0 radical (unpaired) electrons. The molecule has 124 valence electrons.